The highest BCUT2D eigenvalue weighted by molar-refractivity contribution is 5.19. The first-order chi connectivity index (χ1) is 8.74. The molecule has 0 radical (unpaired) electrons. The summed E-state index contributed by atoms with van der Waals surface area (Å²) in [6.07, 6.45) is 8.37. The molecule has 0 aliphatic rings. The largest absolute Gasteiger partial charge is 0.272 e. The lowest BCUT2D eigenvalue weighted by atomic mass is 10.1. The van der Waals surface area contributed by atoms with Crippen molar-refractivity contribution in [1.82, 2.24) is 25.2 Å². The number of hydrazine groups is 1. The van der Waals surface area contributed by atoms with Gasteiger partial charge in [0.1, 0.15) is 6.04 Å². The lowest BCUT2D eigenvalue weighted by Gasteiger charge is -2.12. The molecular weight excluding hydrogens is 228 g/mol. The Kier molecular flexibility index (Phi) is 4.01. The van der Waals surface area contributed by atoms with Gasteiger partial charge in [0.25, 0.3) is 0 Å². The first-order valence-corrected chi connectivity index (χ1v) is 6.01. The van der Waals surface area contributed by atoms with Crippen molar-refractivity contribution in [3.8, 4) is 0 Å². The third kappa shape index (κ3) is 2.72. The quantitative estimate of drug-likeness (QED) is 0.606. The predicted molar refractivity (Wildman–Crippen MR) is 68.5 cm³/mol. The zero-order valence-corrected chi connectivity index (χ0v) is 10.7. The molecule has 1 unspecified atom stereocenters. The zero-order valence-electron chi connectivity index (χ0n) is 10.7. The number of aromatic nitrogens is 4. The zero-order chi connectivity index (χ0) is 13.0. The lowest BCUT2D eigenvalue weighted by molar-refractivity contribution is 0.588. The average molecular weight is 246 g/mol. The highest BCUT2D eigenvalue weighted by Crippen LogP contribution is 2.17. The summed E-state index contributed by atoms with van der Waals surface area (Å²) in [7, 11) is 0. The second-order valence-corrected chi connectivity index (χ2v) is 4.26. The van der Waals surface area contributed by atoms with E-state index in [9.17, 15) is 0 Å². The van der Waals surface area contributed by atoms with Gasteiger partial charge in [0.2, 0.25) is 0 Å². The smallest absolute Gasteiger partial charge is 0.151 e. The molecule has 0 amide bonds. The van der Waals surface area contributed by atoms with Gasteiger partial charge >= 0.3 is 0 Å². The van der Waals surface area contributed by atoms with Gasteiger partial charge in [-0.3, -0.25) is 10.5 Å². The minimum atomic E-state index is -0.226. The Balaban J connectivity index is 2.24. The summed E-state index contributed by atoms with van der Waals surface area (Å²) in [6.45, 7) is 4.96. The number of nitrogens with zero attached hydrogens (tertiary/aromatic N) is 4. The Labute approximate surface area is 106 Å². The highest BCUT2D eigenvalue weighted by Gasteiger charge is 2.16. The maximum absolute atomic E-state index is 5.59. The third-order valence-corrected chi connectivity index (χ3v) is 2.67. The third-order valence-electron chi connectivity index (χ3n) is 2.67. The number of hydrogen-bond donors (Lipinski definition) is 2. The Morgan fingerprint density at radius 2 is 2.06 bits per heavy atom. The van der Waals surface area contributed by atoms with Gasteiger partial charge in [0, 0.05) is 30.7 Å². The van der Waals surface area contributed by atoms with E-state index in [2.05, 4.69) is 27.4 Å². The summed E-state index contributed by atoms with van der Waals surface area (Å²) in [6, 6.07) is -0.226. The van der Waals surface area contributed by atoms with Crippen LogP contribution in [0, 0.1) is 6.92 Å². The van der Waals surface area contributed by atoms with Crippen LogP contribution in [-0.2, 0) is 6.54 Å². The van der Waals surface area contributed by atoms with Gasteiger partial charge < -0.3 is 0 Å². The van der Waals surface area contributed by atoms with Crippen LogP contribution in [-0.4, -0.2) is 19.7 Å². The normalized spacial score (nSPS) is 12.6. The summed E-state index contributed by atoms with van der Waals surface area (Å²) in [5.74, 6) is 6.24. The molecule has 6 nitrogen and oxygen atoms in total. The summed E-state index contributed by atoms with van der Waals surface area (Å²) in [5, 5.41) is 4.28. The number of aryl methyl sites for hydroxylation is 2. The van der Waals surface area contributed by atoms with Crippen LogP contribution >= 0.6 is 0 Å². The molecule has 0 saturated carbocycles. The second kappa shape index (κ2) is 5.70. The van der Waals surface area contributed by atoms with Crippen molar-refractivity contribution in [3.63, 3.8) is 0 Å². The van der Waals surface area contributed by atoms with Crippen molar-refractivity contribution >= 4 is 0 Å². The maximum Gasteiger partial charge on any atom is 0.151 e. The van der Waals surface area contributed by atoms with Gasteiger partial charge in [-0.15, -0.1) is 0 Å². The van der Waals surface area contributed by atoms with E-state index >= 15 is 0 Å². The summed E-state index contributed by atoms with van der Waals surface area (Å²) in [5.41, 5.74) is 4.72. The molecular formula is C12H18N6. The number of nitrogens with one attached hydrogen (secondary N) is 1. The number of nitrogens with two attached hydrogens (primary N) is 1. The molecule has 0 bridgehead atoms. The Bertz CT molecular complexity index is 490. The number of hydrogen-bond acceptors (Lipinski definition) is 5. The molecule has 2 rings (SSSR count). The second-order valence-electron chi connectivity index (χ2n) is 4.26. The molecule has 0 aromatic carbocycles. The summed E-state index contributed by atoms with van der Waals surface area (Å²) in [4.78, 5) is 8.58. The van der Waals surface area contributed by atoms with Crippen molar-refractivity contribution in [3.05, 3.63) is 41.7 Å². The van der Waals surface area contributed by atoms with Crippen LogP contribution in [0.4, 0.5) is 0 Å². The predicted octanol–water partition coefficient (Wildman–Crippen LogP) is 0.944. The SMILES string of the molecule is CCCn1cc(C(NN)c2ncc(C)cn2)cn1. The first kappa shape index (κ1) is 12.7. The number of rotatable bonds is 5. The van der Waals surface area contributed by atoms with E-state index in [0.29, 0.717) is 5.82 Å². The van der Waals surface area contributed by atoms with Gasteiger partial charge in [-0.1, -0.05) is 6.92 Å². The first-order valence-electron chi connectivity index (χ1n) is 6.01. The molecule has 2 aromatic rings. The molecule has 0 saturated heterocycles. The molecule has 0 aliphatic heterocycles. The molecule has 0 aliphatic carbocycles. The molecule has 0 spiro atoms. The molecule has 3 N–H and O–H groups in total. The van der Waals surface area contributed by atoms with Crippen LogP contribution < -0.4 is 11.3 Å². The Morgan fingerprint density at radius 3 is 2.67 bits per heavy atom. The van der Waals surface area contributed by atoms with Crippen molar-refractivity contribution in [2.45, 2.75) is 32.9 Å². The molecule has 0 fully saturated rings. The topological polar surface area (TPSA) is 81.7 Å². The van der Waals surface area contributed by atoms with Crippen LogP contribution in [0.3, 0.4) is 0 Å². The van der Waals surface area contributed by atoms with E-state index in [-0.39, 0.29) is 6.04 Å². The van der Waals surface area contributed by atoms with Crippen molar-refractivity contribution < 1.29 is 0 Å². The van der Waals surface area contributed by atoms with Gasteiger partial charge in [0.15, 0.2) is 5.82 Å². The highest BCUT2D eigenvalue weighted by atomic mass is 15.3. The van der Waals surface area contributed by atoms with Crippen LogP contribution in [0.1, 0.15) is 36.3 Å². The molecule has 2 aromatic heterocycles. The van der Waals surface area contributed by atoms with E-state index in [1.54, 1.807) is 18.6 Å². The average Bonchev–Trinajstić information content (AvgIpc) is 2.82. The lowest BCUT2D eigenvalue weighted by Crippen LogP contribution is -2.30. The molecule has 6 heteroatoms. The standard InChI is InChI=1S/C12H18N6/c1-3-4-18-8-10(7-16-18)11(17-13)12-14-5-9(2)6-15-12/h5-8,11,17H,3-4,13H2,1-2H3. The summed E-state index contributed by atoms with van der Waals surface area (Å²) >= 11 is 0. The fourth-order valence-corrected chi connectivity index (χ4v) is 1.75. The van der Waals surface area contributed by atoms with Crippen LogP contribution in [0.5, 0.6) is 0 Å². The van der Waals surface area contributed by atoms with Gasteiger partial charge in [0.05, 0.1) is 6.20 Å². The maximum atomic E-state index is 5.59. The van der Waals surface area contributed by atoms with Crippen molar-refractivity contribution in [2.24, 2.45) is 5.84 Å². The monoisotopic (exact) mass is 246 g/mol. The Morgan fingerprint density at radius 1 is 1.33 bits per heavy atom. The van der Waals surface area contributed by atoms with Crippen LogP contribution in [0.2, 0.25) is 0 Å². The van der Waals surface area contributed by atoms with Gasteiger partial charge in [-0.2, -0.15) is 5.10 Å². The van der Waals surface area contributed by atoms with E-state index in [1.165, 1.54) is 0 Å². The van der Waals surface area contributed by atoms with Crippen molar-refractivity contribution in [2.75, 3.05) is 0 Å². The van der Waals surface area contributed by atoms with Crippen LogP contribution in [0.25, 0.3) is 0 Å². The molecule has 2 heterocycles. The molecule has 96 valence electrons. The van der Waals surface area contributed by atoms with E-state index < -0.39 is 0 Å². The van der Waals surface area contributed by atoms with Crippen molar-refractivity contribution in [1.29, 1.82) is 0 Å². The van der Waals surface area contributed by atoms with E-state index in [0.717, 1.165) is 24.1 Å². The van der Waals surface area contributed by atoms with E-state index in [4.69, 9.17) is 5.84 Å². The molecule has 18 heavy (non-hydrogen) atoms. The molecule has 1 atom stereocenters. The minimum absolute atomic E-state index is 0.226. The fourth-order valence-electron chi connectivity index (χ4n) is 1.75. The minimum Gasteiger partial charge on any atom is -0.272 e. The fraction of sp³-hybridized carbons (Fsp3) is 0.417. The Hall–Kier alpha value is -1.79. The van der Waals surface area contributed by atoms with Gasteiger partial charge in [-0.25, -0.2) is 15.4 Å². The van der Waals surface area contributed by atoms with Crippen LogP contribution in [0.15, 0.2) is 24.8 Å². The van der Waals surface area contributed by atoms with Gasteiger partial charge in [-0.05, 0) is 18.9 Å². The van der Waals surface area contributed by atoms with E-state index in [1.807, 2.05) is 17.8 Å². The summed E-state index contributed by atoms with van der Waals surface area (Å²) < 4.78 is 1.90.